The molecule has 7 heteroatoms. The van der Waals surface area contributed by atoms with E-state index in [2.05, 4.69) is 45.7 Å². The second-order valence-electron chi connectivity index (χ2n) is 8.84. The van der Waals surface area contributed by atoms with Crippen molar-refractivity contribution in [3.63, 3.8) is 0 Å². The number of aryl methyl sites for hydroxylation is 1. The van der Waals surface area contributed by atoms with E-state index in [1.165, 1.54) is 24.5 Å². The number of aromatic nitrogens is 4. The topological polar surface area (TPSA) is 78.0 Å². The number of aromatic amines is 1. The van der Waals surface area contributed by atoms with Crippen molar-refractivity contribution < 1.29 is 0 Å². The van der Waals surface area contributed by atoms with E-state index in [1.807, 2.05) is 25.3 Å². The molecule has 0 amide bonds. The summed E-state index contributed by atoms with van der Waals surface area (Å²) in [5, 5.41) is 0. The van der Waals surface area contributed by atoms with Crippen LogP contribution in [-0.2, 0) is 6.42 Å². The number of hydrogen-bond donors (Lipinski definition) is 1. The Hall–Kier alpha value is -3.22. The molecule has 160 valence electrons. The van der Waals surface area contributed by atoms with Gasteiger partial charge in [-0.2, -0.15) is 0 Å². The molecule has 1 fully saturated rings. The van der Waals surface area contributed by atoms with Crippen molar-refractivity contribution in [2.45, 2.75) is 46.1 Å². The summed E-state index contributed by atoms with van der Waals surface area (Å²) in [6.07, 6.45) is 5.06. The first kappa shape index (κ1) is 19.7. The maximum absolute atomic E-state index is 12.5. The van der Waals surface area contributed by atoms with E-state index >= 15 is 0 Å². The fourth-order valence-electron chi connectivity index (χ4n) is 4.65. The van der Waals surface area contributed by atoms with Gasteiger partial charge in [0.15, 0.2) is 0 Å². The predicted molar refractivity (Wildman–Crippen MR) is 123 cm³/mol. The fourth-order valence-corrected chi connectivity index (χ4v) is 4.65. The molecule has 0 radical (unpaired) electrons. The van der Waals surface area contributed by atoms with Crippen molar-refractivity contribution in [1.29, 1.82) is 0 Å². The summed E-state index contributed by atoms with van der Waals surface area (Å²) < 4.78 is 0. The third-order valence-corrected chi connectivity index (χ3v) is 6.47. The van der Waals surface area contributed by atoms with Crippen LogP contribution >= 0.6 is 0 Å². The van der Waals surface area contributed by atoms with Crippen LogP contribution in [0.15, 0.2) is 41.3 Å². The SMILES string of the molecule is Cc1nc(N2CCC(C)CC2)ncc1-c1cc(=O)[nH]c(N2c3ccccc3CC2C)n1. The molecule has 1 unspecified atom stereocenters. The van der Waals surface area contributed by atoms with Crippen LogP contribution in [0.2, 0.25) is 0 Å². The van der Waals surface area contributed by atoms with E-state index in [9.17, 15) is 4.79 Å². The number of piperidine rings is 1. The zero-order chi connectivity index (χ0) is 21.5. The maximum atomic E-state index is 12.5. The summed E-state index contributed by atoms with van der Waals surface area (Å²) in [7, 11) is 0. The molecule has 1 atom stereocenters. The van der Waals surface area contributed by atoms with Gasteiger partial charge in [0.2, 0.25) is 11.9 Å². The van der Waals surface area contributed by atoms with E-state index in [1.54, 1.807) is 0 Å². The average molecular weight is 417 g/mol. The molecule has 0 bridgehead atoms. The second kappa shape index (κ2) is 7.80. The highest BCUT2D eigenvalue weighted by Gasteiger charge is 2.29. The van der Waals surface area contributed by atoms with Gasteiger partial charge in [0.05, 0.1) is 11.4 Å². The van der Waals surface area contributed by atoms with Gasteiger partial charge in [-0.15, -0.1) is 0 Å². The molecule has 1 saturated heterocycles. The Morgan fingerprint density at radius 1 is 1.10 bits per heavy atom. The zero-order valence-electron chi connectivity index (χ0n) is 18.3. The predicted octanol–water partition coefficient (Wildman–Crippen LogP) is 3.85. The molecular weight excluding hydrogens is 388 g/mol. The van der Waals surface area contributed by atoms with Gasteiger partial charge in [0.25, 0.3) is 5.56 Å². The maximum Gasteiger partial charge on any atom is 0.252 e. The molecule has 2 aliphatic heterocycles. The monoisotopic (exact) mass is 416 g/mol. The first-order valence-corrected chi connectivity index (χ1v) is 11.1. The van der Waals surface area contributed by atoms with Gasteiger partial charge in [0.1, 0.15) is 0 Å². The van der Waals surface area contributed by atoms with E-state index in [0.29, 0.717) is 11.6 Å². The molecule has 0 aliphatic carbocycles. The largest absolute Gasteiger partial charge is 0.341 e. The Bertz CT molecular complexity index is 1160. The number of hydrogen-bond acceptors (Lipinski definition) is 6. The summed E-state index contributed by atoms with van der Waals surface area (Å²) in [5.74, 6) is 2.09. The molecule has 3 aromatic rings. The van der Waals surface area contributed by atoms with Gasteiger partial charge in [-0.1, -0.05) is 25.1 Å². The third kappa shape index (κ3) is 3.69. The van der Waals surface area contributed by atoms with Crippen molar-refractivity contribution in [2.24, 2.45) is 5.92 Å². The summed E-state index contributed by atoms with van der Waals surface area (Å²) in [5.41, 5.74) is 4.42. The molecule has 4 heterocycles. The smallest absolute Gasteiger partial charge is 0.252 e. The number of para-hydroxylation sites is 1. The van der Waals surface area contributed by atoms with E-state index in [0.717, 1.165) is 48.3 Å². The Morgan fingerprint density at radius 3 is 2.65 bits per heavy atom. The van der Waals surface area contributed by atoms with Crippen LogP contribution in [0, 0.1) is 12.8 Å². The molecule has 2 aromatic heterocycles. The third-order valence-electron chi connectivity index (χ3n) is 6.47. The zero-order valence-corrected chi connectivity index (χ0v) is 18.3. The number of benzene rings is 1. The minimum absolute atomic E-state index is 0.176. The molecular formula is C24H28N6O. The van der Waals surface area contributed by atoms with Gasteiger partial charge < -0.3 is 9.80 Å². The lowest BCUT2D eigenvalue weighted by Gasteiger charge is -2.30. The standard InChI is InChI=1S/C24H28N6O/c1-15-8-10-29(11-9-15)23-25-14-19(17(3)26-23)20-13-22(31)28-24(27-20)30-16(2)12-18-6-4-5-7-21(18)30/h4-7,13-16H,8-12H2,1-3H3,(H,27,28,31). The molecule has 2 aliphatic rings. The summed E-state index contributed by atoms with van der Waals surface area (Å²) >= 11 is 0. The van der Waals surface area contributed by atoms with Crippen molar-refractivity contribution in [1.82, 2.24) is 19.9 Å². The number of rotatable bonds is 3. The van der Waals surface area contributed by atoms with E-state index in [4.69, 9.17) is 9.97 Å². The number of nitrogens with zero attached hydrogens (tertiary/aromatic N) is 5. The average Bonchev–Trinajstić information content (AvgIpc) is 3.09. The molecule has 0 saturated carbocycles. The quantitative estimate of drug-likeness (QED) is 0.699. The van der Waals surface area contributed by atoms with Crippen LogP contribution in [0.5, 0.6) is 0 Å². The molecule has 0 spiro atoms. The van der Waals surface area contributed by atoms with Crippen LogP contribution < -0.4 is 15.4 Å². The summed E-state index contributed by atoms with van der Waals surface area (Å²) in [4.78, 5) is 34.0. The lowest BCUT2D eigenvalue weighted by molar-refractivity contribution is 0.434. The van der Waals surface area contributed by atoms with Crippen LogP contribution in [0.25, 0.3) is 11.3 Å². The number of fused-ring (bicyclic) bond motifs is 1. The van der Waals surface area contributed by atoms with Crippen LogP contribution in [0.1, 0.15) is 37.9 Å². The highest BCUT2D eigenvalue weighted by Crippen LogP contribution is 2.36. The lowest BCUT2D eigenvalue weighted by atomic mass is 10.00. The second-order valence-corrected chi connectivity index (χ2v) is 8.84. The van der Waals surface area contributed by atoms with Gasteiger partial charge in [0, 0.05) is 42.6 Å². The normalized spacial score (nSPS) is 19.0. The number of anilines is 3. The van der Waals surface area contributed by atoms with Gasteiger partial charge in [-0.3, -0.25) is 9.78 Å². The summed E-state index contributed by atoms with van der Waals surface area (Å²) in [6, 6.07) is 10.0. The Balaban J connectivity index is 1.49. The molecule has 5 rings (SSSR count). The highest BCUT2D eigenvalue weighted by molar-refractivity contribution is 5.69. The van der Waals surface area contributed by atoms with Gasteiger partial charge in [-0.25, -0.2) is 15.0 Å². The van der Waals surface area contributed by atoms with Gasteiger partial charge in [-0.05, 0) is 50.7 Å². The lowest BCUT2D eigenvalue weighted by Crippen LogP contribution is -2.34. The fraction of sp³-hybridized carbons (Fsp3) is 0.417. The van der Waals surface area contributed by atoms with Crippen molar-refractivity contribution in [3.8, 4) is 11.3 Å². The number of nitrogens with one attached hydrogen (secondary N) is 1. The van der Waals surface area contributed by atoms with Crippen molar-refractivity contribution in [2.75, 3.05) is 22.9 Å². The van der Waals surface area contributed by atoms with Crippen molar-refractivity contribution in [3.05, 3.63) is 58.1 Å². The minimum atomic E-state index is -0.176. The molecule has 7 nitrogen and oxygen atoms in total. The molecule has 1 N–H and O–H groups in total. The van der Waals surface area contributed by atoms with Crippen LogP contribution in [-0.4, -0.2) is 39.1 Å². The van der Waals surface area contributed by atoms with Crippen LogP contribution in [0.3, 0.4) is 0 Å². The van der Waals surface area contributed by atoms with Gasteiger partial charge >= 0.3 is 0 Å². The first-order valence-electron chi connectivity index (χ1n) is 11.1. The van der Waals surface area contributed by atoms with E-state index < -0.39 is 0 Å². The Labute approximate surface area is 182 Å². The Morgan fingerprint density at radius 2 is 1.87 bits per heavy atom. The molecule has 31 heavy (non-hydrogen) atoms. The molecule has 1 aromatic carbocycles. The Kier molecular flexibility index (Phi) is 4.96. The number of H-pyrrole nitrogens is 1. The van der Waals surface area contributed by atoms with Crippen molar-refractivity contribution >= 4 is 17.6 Å². The first-order chi connectivity index (χ1) is 15.0. The van der Waals surface area contributed by atoms with Crippen LogP contribution in [0.4, 0.5) is 17.6 Å². The highest BCUT2D eigenvalue weighted by atomic mass is 16.1. The van der Waals surface area contributed by atoms with E-state index in [-0.39, 0.29) is 11.6 Å². The summed E-state index contributed by atoms with van der Waals surface area (Å²) in [6.45, 7) is 8.38. The minimum Gasteiger partial charge on any atom is -0.341 e.